The fourth-order valence-electron chi connectivity index (χ4n) is 12.3. The first-order valence-corrected chi connectivity index (χ1v) is 34.1. The molecule has 8 bridgehead atoms. The Labute approximate surface area is 598 Å². The van der Waals surface area contributed by atoms with Crippen molar-refractivity contribution < 1.29 is 54.9 Å². The Balaban J connectivity index is 1.20. The van der Waals surface area contributed by atoms with E-state index >= 15 is 0 Å². The first kappa shape index (κ1) is 76.3. The van der Waals surface area contributed by atoms with Crippen LogP contribution in [0.5, 0.6) is 23.0 Å². The molecule has 8 aromatic carbocycles. The van der Waals surface area contributed by atoms with Crippen LogP contribution >= 0.6 is 0 Å². The van der Waals surface area contributed by atoms with Crippen LogP contribution in [-0.4, -0.2) is 54.9 Å². The molecule has 33 heteroatoms. The summed E-state index contributed by atoms with van der Waals surface area (Å²) < 4.78 is 0. The van der Waals surface area contributed by atoms with Crippen LogP contribution in [0.25, 0.3) is 0 Å². The Morgan fingerprint density at radius 3 is 0.629 bits per heavy atom. The minimum Gasteiger partial charge on any atom is -0.507 e. The molecular formula is C72H73N15O18. The van der Waals surface area contributed by atoms with Crippen molar-refractivity contribution in [3.63, 3.8) is 0 Å². The van der Waals surface area contributed by atoms with Gasteiger partial charge < -0.3 is 20.4 Å². The first-order valence-electron chi connectivity index (χ1n) is 34.1. The zero-order valence-corrected chi connectivity index (χ0v) is 56.8. The fourth-order valence-corrected chi connectivity index (χ4v) is 12.3. The Kier molecular flexibility index (Phi) is 26.7. The predicted molar refractivity (Wildman–Crippen MR) is 385 cm³/mol. The first-order chi connectivity index (χ1) is 50.4. The van der Waals surface area contributed by atoms with Crippen LogP contribution < -0.4 is 0 Å². The quantitative estimate of drug-likeness (QED) is 0.0421. The van der Waals surface area contributed by atoms with Gasteiger partial charge in [-0.1, -0.05) is 115 Å². The monoisotopic (exact) mass is 1440 g/mol. The number of fused-ring (bicyclic) bond motifs is 8. The third-order valence-electron chi connectivity index (χ3n) is 17.6. The number of azo groups is 4. The molecule has 0 aromatic heterocycles. The summed E-state index contributed by atoms with van der Waals surface area (Å²) in [5.74, 6) is -1.36. The number of benzene rings is 8. The second kappa shape index (κ2) is 36.7. The highest BCUT2D eigenvalue weighted by Crippen LogP contribution is 2.43. The lowest BCUT2D eigenvalue weighted by Crippen LogP contribution is -1.99. The summed E-state index contributed by atoms with van der Waals surface area (Å²) in [5, 5.41) is 167. The number of nitrogens with zero attached hydrogens (tertiary/aromatic N) is 15. The molecule has 0 saturated carbocycles. The molecule has 0 unspecified atom stereocenters. The van der Waals surface area contributed by atoms with Gasteiger partial charge in [-0.25, -0.2) is 0 Å². The van der Waals surface area contributed by atoms with E-state index in [0.717, 1.165) is 132 Å². The molecule has 33 nitrogen and oxygen atoms in total. The van der Waals surface area contributed by atoms with E-state index in [1.165, 1.54) is 98.8 Å². The topological polar surface area (TPSA) is 482 Å². The maximum absolute atomic E-state index is 12.6. The van der Waals surface area contributed by atoms with Gasteiger partial charge in [-0.05, 0) is 91.4 Å². The zero-order valence-electron chi connectivity index (χ0n) is 56.8. The van der Waals surface area contributed by atoms with Gasteiger partial charge in [0.15, 0.2) is 0 Å². The van der Waals surface area contributed by atoms with Crippen molar-refractivity contribution in [3.05, 3.63) is 243 Å². The largest absolute Gasteiger partial charge is 0.507 e. The average Bonchev–Trinajstić information content (AvgIpc) is 0.793. The van der Waals surface area contributed by atoms with Crippen LogP contribution in [0, 0.1) is 70.8 Å². The summed E-state index contributed by atoms with van der Waals surface area (Å²) in [6, 6.07) is 24.8. The second-order valence-corrected chi connectivity index (χ2v) is 25.4. The van der Waals surface area contributed by atoms with Gasteiger partial charge in [0.05, 0.1) is 98.2 Å². The molecule has 8 aromatic rings. The summed E-state index contributed by atoms with van der Waals surface area (Å²) in [7, 11) is 0. The summed E-state index contributed by atoms with van der Waals surface area (Å²) in [5.41, 5.74) is -3.89. The van der Waals surface area contributed by atoms with Crippen LogP contribution in [0.3, 0.4) is 0 Å². The van der Waals surface area contributed by atoms with E-state index in [-0.39, 0.29) is 109 Å². The Bertz CT molecular complexity index is 4640. The lowest BCUT2D eigenvalue weighted by molar-refractivity contribution is -0.394. The van der Waals surface area contributed by atoms with Gasteiger partial charge in [-0.15, -0.1) is 0 Å². The van der Waals surface area contributed by atoms with Crippen molar-refractivity contribution in [1.82, 2.24) is 0 Å². The molecule has 0 saturated heterocycles. The highest BCUT2D eigenvalue weighted by Gasteiger charge is 2.24. The van der Waals surface area contributed by atoms with Gasteiger partial charge in [-0.3, -0.25) is 70.8 Å². The van der Waals surface area contributed by atoms with Crippen LogP contribution in [0.2, 0.25) is 0 Å². The van der Waals surface area contributed by atoms with Crippen molar-refractivity contribution in [2.75, 3.05) is 0 Å². The molecule has 1 aliphatic carbocycles. The summed E-state index contributed by atoms with van der Waals surface area (Å²) in [6.07, 6.45) is 18.8. The number of aryl methyl sites for hydroxylation is 2. The number of phenols is 4. The van der Waals surface area contributed by atoms with E-state index in [0.29, 0.717) is 36.8 Å². The minimum atomic E-state index is -0.868. The van der Waals surface area contributed by atoms with E-state index in [4.69, 9.17) is 0 Å². The van der Waals surface area contributed by atoms with Crippen molar-refractivity contribution in [2.45, 2.75) is 154 Å². The summed E-state index contributed by atoms with van der Waals surface area (Å²) in [4.78, 5) is 77.6. The molecule has 0 radical (unpaired) electrons. The molecule has 4 N–H and O–H groups in total. The Hall–Kier alpha value is -12.8. The van der Waals surface area contributed by atoms with Crippen molar-refractivity contribution in [1.29, 1.82) is 0 Å². The summed E-state index contributed by atoms with van der Waals surface area (Å²) >= 11 is 0. The van der Waals surface area contributed by atoms with Crippen molar-refractivity contribution in [3.8, 4) is 23.0 Å². The van der Waals surface area contributed by atoms with Gasteiger partial charge in [0.1, 0.15) is 23.0 Å². The van der Waals surface area contributed by atoms with E-state index in [1.54, 1.807) is 6.07 Å². The Morgan fingerprint density at radius 1 is 0.219 bits per heavy atom. The Morgan fingerprint density at radius 2 is 0.400 bits per heavy atom. The van der Waals surface area contributed by atoms with Crippen LogP contribution in [-0.2, 0) is 32.1 Å². The normalized spacial score (nSPS) is 14.5. The van der Waals surface area contributed by atoms with E-state index in [9.17, 15) is 91.2 Å². The maximum Gasteiger partial charge on any atom is 0.278 e. The van der Waals surface area contributed by atoms with Crippen molar-refractivity contribution >= 4 is 85.3 Å². The highest BCUT2D eigenvalue weighted by molar-refractivity contribution is 5.64. The molecule has 0 amide bonds. The van der Waals surface area contributed by atoms with Gasteiger partial charge >= 0.3 is 0 Å². The number of rotatable bonds is 15. The molecule has 0 aliphatic heterocycles. The number of aromatic hydroxyl groups is 4. The molecule has 544 valence electrons. The highest BCUT2D eigenvalue weighted by atomic mass is 16.7. The van der Waals surface area contributed by atoms with Gasteiger partial charge in [0.25, 0.3) is 39.8 Å². The average molecular weight is 1440 g/mol. The lowest BCUT2D eigenvalue weighted by atomic mass is 9.92. The smallest absolute Gasteiger partial charge is 0.278 e. The molecule has 1 aliphatic rings. The van der Waals surface area contributed by atoms with Crippen LogP contribution in [0.4, 0.5) is 85.3 Å². The van der Waals surface area contributed by atoms with E-state index in [2.05, 4.69) is 40.9 Å². The zero-order chi connectivity index (χ0) is 75.1. The van der Waals surface area contributed by atoms with E-state index in [1.807, 2.05) is 0 Å². The van der Waals surface area contributed by atoms with E-state index < -0.39 is 86.5 Å². The molecular weight excluding hydrogens is 1360 g/mol. The maximum atomic E-state index is 12.6. The van der Waals surface area contributed by atoms with Gasteiger partial charge in [0.2, 0.25) is 0 Å². The molecule has 0 heterocycles. The number of nitro benzene ring substituents is 7. The van der Waals surface area contributed by atoms with Crippen LogP contribution in [0.15, 0.2) is 168 Å². The third kappa shape index (κ3) is 22.1. The van der Waals surface area contributed by atoms with Crippen molar-refractivity contribution in [2.24, 2.45) is 40.9 Å². The number of nitro groups is 7. The van der Waals surface area contributed by atoms with Crippen LogP contribution in [0.1, 0.15) is 167 Å². The molecule has 9 rings (SSSR count). The predicted octanol–water partition coefficient (Wildman–Crippen LogP) is 21.8. The minimum absolute atomic E-state index is 0.00398. The standard InChI is InChI=1S/C72H73N15O18/c88-69-46-21-18-16-14-12-10-8-6-4-2-1-3-5-7-9-11-13-15-17-19-22-47-29-56(75-78-59-37-63(82(94)95)43-64(38-59)83(96)97)31-49(70(47)89)26-51-33-58(77-80-61-41-67(86(102)103)45-68(42-61)87(104)105)35-53(72(51)91)27-52-34-57(76-79-60-39-65(84(98)99)44-66(40-60)85(100)101)32-50(71(52)90)25-48(69)30-55(28-46)74-73-54-23-20-24-62(36-54)81(92)93/h20,23-24,28-45,88-91H,1-19,21-22,25-27H2. The second-order valence-electron chi connectivity index (χ2n) is 25.4. The molecule has 0 spiro atoms. The molecule has 105 heavy (non-hydrogen) atoms. The lowest BCUT2D eigenvalue weighted by Gasteiger charge is -2.17. The number of hydrogen-bond acceptors (Lipinski definition) is 26. The van der Waals surface area contributed by atoms with Gasteiger partial charge in [-0.2, -0.15) is 40.9 Å². The third-order valence-corrected chi connectivity index (χ3v) is 17.6. The number of hydrogen-bond donors (Lipinski definition) is 4. The number of non-ortho nitro benzene ring substituents is 7. The van der Waals surface area contributed by atoms with Gasteiger partial charge in [0, 0.05) is 101 Å². The fraction of sp³-hybridized carbons (Fsp3) is 0.333. The molecule has 0 fully saturated rings. The number of phenolic OH excluding ortho intramolecular Hbond substituents is 4. The molecule has 0 atom stereocenters. The summed E-state index contributed by atoms with van der Waals surface area (Å²) in [6.45, 7) is 0. The SMILES string of the molecule is O=[N+]([O-])c1cccc(N=Nc2cc3c(O)c(c2)Cc2cc(N=Nc4cc([N+](=O)[O-])cc([N+](=O)[O-])c4)cc(c2O)Cc2cc(N=Nc4cc([N+](=O)[O-])cc([N+](=O)[O-])c4)cc(c2O)Cc2cc(N=Nc4cc([N+](=O)[O-])cc([N+](=O)[O-])c4)cc(c2O)CCCCCCCCCCCCCCCCCCCCC3)c1.